The summed E-state index contributed by atoms with van der Waals surface area (Å²) >= 11 is 1.25. The van der Waals surface area contributed by atoms with Gasteiger partial charge >= 0.3 is 12.1 Å². The van der Waals surface area contributed by atoms with Crippen molar-refractivity contribution in [1.82, 2.24) is 9.36 Å². The Labute approximate surface area is 154 Å². The summed E-state index contributed by atoms with van der Waals surface area (Å²) in [5, 5.41) is 18.0. The number of sulfone groups is 1. The Morgan fingerprint density at radius 1 is 1.26 bits per heavy atom. The van der Waals surface area contributed by atoms with Crippen LogP contribution in [0.5, 0.6) is 0 Å². The van der Waals surface area contributed by atoms with Crippen LogP contribution in [-0.4, -0.2) is 46.7 Å². The summed E-state index contributed by atoms with van der Waals surface area (Å²) in [6, 6.07) is 3.49. The molecule has 14 heteroatoms. The van der Waals surface area contributed by atoms with Gasteiger partial charge in [0.05, 0.1) is 12.2 Å². The molecule has 0 aliphatic heterocycles. The summed E-state index contributed by atoms with van der Waals surface area (Å²) in [5.41, 5.74) is 0.853. The molecule has 0 aliphatic rings. The lowest BCUT2D eigenvalue weighted by molar-refractivity contribution is -0.677. The van der Waals surface area contributed by atoms with Crippen molar-refractivity contribution in [3.8, 4) is 10.6 Å². The second-order valence-electron chi connectivity index (χ2n) is 4.85. The minimum absolute atomic E-state index is 0.239. The summed E-state index contributed by atoms with van der Waals surface area (Å²) in [6.45, 7) is 0. The minimum Gasteiger partial charge on any atom is -0.542 e. The maximum atomic E-state index is 11.7. The molecule has 0 saturated heterocycles. The lowest BCUT2D eigenvalue weighted by atomic mass is 10.3. The molecule has 0 aromatic carbocycles. The van der Waals surface area contributed by atoms with Crippen LogP contribution in [0.1, 0.15) is 6.42 Å². The van der Waals surface area contributed by atoms with Crippen molar-refractivity contribution in [1.29, 1.82) is 0 Å². The Bertz CT molecular complexity index is 868. The second-order valence-corrected chi connectivity index (χ2v) is 7.79. The van der Waals surface area contributed by atoms with Gasteiger partial charge in [-0.25, -0.2) is 13.4 Å². The van der Waals surface area contributed by atoms with E-state index < -0.39 is 28.0 Å². The zero-order chi connectivity index (χ0) is 20.7. The van der Waals surface area contributed by atoms with Crippen LogP contribution in [-0.2, 0) is 25.3 Å². The Balaban J connectivity index is 0.000000445. The van der Waals surface area contributed by atoms with E-state index >= 15 is 0 Å². The molecule has 2 heterocycles. The Hall–Kier alpha value is -2.61. The predicted molar refractivity (Wildman–Crippen MR) is 82.6 cm³/mol. The van der Waals surface area contributed by atoms with Gasteiger partial charge < -0.3 is 15.0 Å². The van der Waals surface area contributed by atoms with Crippen molar-refractivity contribution >= 4 is 33.3 Å². The van der Waals surface area contributed by atoms with Crippen molar-refractivity contribution in [2.24, 2.45) is 0 Å². The number of aliphatic carboxylic acids is 2. The number of pyridine rings is 1. The smallest absolute Gasteiger partial charge is 0.430 e. The quantitative estimate of drug-likeness (QED) is 0.616. The number of nitrogens with zero attached hydrogens (tertiary/aromatic N) is 3. The lowest BCUT2D eigenvalue weighted by Crippen LogP contribution is -2.38. The van der Waals surface area contributed by atoms with Gasteiger partial charge in [0.15, 0.2) is 12.4 Å². The number of aromatic nitrogens is 3. The highest BCUT2D eigenvalue weighted by molar-refractivity contribution is 7.90. The van der Waals surface area contributed by atoms with Gasteiger partial charge in [0.2, 0.25) is 15.7 Å². The van der Waals surface area contributed by atoms with E-state index in [0.717, 1.165) is 10.6 Å². The van der Waals surface area contributed by atoms with Crippen LogP contribution in [0.25, 0.3) is 10.6 Å². The van der Waals surface area contributed by atoms with E-state index in [9.17, 15) is 26.4 Å². The fourth-order valence-corrected chi connectivity index (χ4v) is 3.29. The standard InChI is InChI=1S/C11H11N3O4S2.C2HF3O2/c15-10(16)3-6-20(17,18)8-14-4-1-9(2-5-14)11-12-7-13-19-11;3-2(4,5)1(6)7/h1-2,4-5,7H,3,6,8H2;(H,6,7). The highest BCUT2D eigenvalue weighted by Gasteiger charge is 2.28. The summed E-state index contributed by atoms with van der Waals surface area (Å²) in [4.78, 5) is 23.2. The Morgan fingerprint density at radius 3 is 2.22 bits per heavy atom. The average molecular weight is 427 g/mol. The van der Waals surface area contributed by atoms with Gasteiger partial charge in [0.25, 0.3) is 0 Å². The Morgan fingerprint density at radius 2 is 1.81 bits per heavy atom. The third kappa shape index (κ3) is 8.54. The maximum absolute atomic E-state index is 11.7. The van der Waals surface area contributed by atoms with E-state index in [4.69, 9.17) is 15.0 Å². The zero-order valence-corrected chi connectivity index (χ0v) is 14.9. The fourth-order valence-electron chi connectivity index (χ4n) is 1.52. The zero-order valence-electron chi connectivity index (χ0n) is 13.3. The second kappa shape index (κ2) is 9.36. The lowest BCUT2D eigenvalue weighted by Gasteiger charge is -2.03. The van der Waals surface area contributed by atoms with Crippen LogP contribution in [0.4, 0.5) is 13.2 Å². The molecule has 2 aromatic heterocycles. The first-order chi connectivity index (χ1) is 12.4. The molecule has 0 aliphatic carbocycles. The molecule has 9 nitrogen and oxygen atoms in total. The molecule has 148 valence electrons. The largest absolute Gasteiger partial charge is 0.542 e. The van der Waals surface area contributed by atoms with E-state index in [1.54, 1.807) is 24.5 Å². The molecule has 0 saturated carbocycles. The van der Waals surface area contributed by atoms with Gasteiger partial charge in [-0.15, -0.1) is 0 Å². The van der Waals surface area contributed by atoms with E-state index in [2.05, 4.69) is 9.36 Å². The van der Waals surface area contributed by atoms with Gasteiger partial charge in [0.1, 0.15) is 17.3 Å². The highest BCUT2D eigenvalue weighted by atomic mass is 32.2. The van der Waals surface area contributed by atoms with E-state index in [0.29, 0.717) is 0 Å². The van der Waals surface area contributed by atoms with Gasteiger partial charge in [-0.1, -0.05) is 0 Å². The fraction of sp³-hybridized carbons (Fsp3) is 0.308. The first kappa shape index (κ1) is 22.4. The molecule has 0 fully saturated rings. The van der Waals surface area contributed by atoms with Crippen molar-refractivity contribution in [2.45, 2.75) is 18.5 Å². The van der Waals surface area contributed by atoms with Gasteiger partial charge in [0, 0.05) is 17.7 Å². The number of rotatable bonds is 6. The monoisotopic (exact) mass is 427 g/mol. The summed E-state index contributed by atoms with van der Waals surface area (Å²) in [7, 11) is -3.44. The van der Waals surface area contributed by atoms with E-state index in [1.165, 1.54) is 22.4 Å². The molecule has 0 bridgehead atoms. The van der Waals surface area contributed by atoms with Crippen LogP contribution in [0, 0.1) is 0 Å². The van der Waals surface area contributed by atoms with E-state index in [1.807, 2.05) is 0 Å². The van der Waals surface area contributed by atoms with Gasteiger partial charge in [-0.3, -0.25) is 4.79 Å². The SMILES string of the molecule is O=C(O)CCS(=O)(=O)C[n+]1ccc(-c2ncns2)cc1.O=C([O-])C(F)(F)F. The van der Waals surface area contributed by atoms with E-state index in [-0.39, 0.29) is 18.1 Å². The highest BCUT2D eigenvalue weighted by Crippen LogP contribution is 2.17. The molecule has 0 amide bonds. The summed E-state index contributed by atoms with van der Waals surface area (Å²) < 4.78 is 60.4. The normalized spacial score (nSPS) is 11.4. The van der Waals surface area contributed by atoms with Crippen LogP contribution in [0.15, 0.2) is 30.9 Å². The molecule has 2 rings (SSSR count). The first-order valence-corrected chi connectivity index (χ1v) is 9.47. The molecule has 0 atom stereocenters. The number of halogens is 3. The minimum atomic E-state index is -5.19. The maximum Gasteiger partial charge on any atom is 0.430 e. The molecule has 1 N–H and O–H groups in total. The number of carbonyl (C=O) groups is 2. The number of carboxylic acid groups (broad SMARTS) is 2. The Kier molecular flexibility index (Phi) is 7.78. The molecule has 2 aromatic rings. The molecule has 0 radical (unpaired) electrons. The number of carbonyl (C=O) groups excluding carboxylic acids is 1. The van der Waals surface area contributed by atoms with Crippen LogP contribution < -0.4 is 9.67 Å². The number of hydrogen-bond donors (Lipinski definition) is 1. The number of alkyl halides is 3. The third-order valence-corrected chi connectivity index (χ3v) is 4.93. The molecule has 0 unspecified atom stereocenters. The average Bonchev–Trinajstić information content (AvgIpc) is 3.07. The molecule has 0 spiro atoms. The summed E-state index contributed by atoms with van der Waals surface area (Å²) in [5.74, 6) is -4.73. The van der Waals surface area contributed by atoms with Crippen molar-refractivity contribution in [2.75, 3.05) is 5.75 Å². The van der Waals surface area contributed by atoms with Crippen LogP contribution >= 0.6 is 11.5 Å². The third-order valence-electron chi connectivity index (χ3n) is 2.70. The molecular weight excluding hydrogens is 415 g/mol. The van der Waals surface area contributed by atoms with Gasteiger partial charge in [-0.2, -0.15) is 22.1 Å². The van der Waals surface area contributed by atoms with Crippen LogP contribution in [0.2, 0.25) is 0 Å². The topological polar surface area (TPSA) is 141 Å². The number of carboxylic acids is 2. The summed E-state index contributed by atoms with van der Waals surface area (Å²) in [6.07, 6.45) is -0.882. The first-order valence-electron chi connectivity index (χ1n) is 6.87. The van der Waals surface area contributed by atoms with Crippen molar-refractivity contribution in [3.05, 3.63) is 30.9 Å². The van der Waals surface area contributed by atoms with Crippen LogP contribution in [0.3, 0.4) is 0 Å². The predicted octanol–water partition coefficient (Wildman–Crippen LogP) is -0.362. The number of hydrogen-bond acceptors (Lipinski definition) is 8. The molecular formula is C13H12F3N3O6S2. The van der Waals surface area contributed by atoms with Crippen molar-refractivity contribution in [3.63, 3.8) is 0 Å². The van der Waals surface area contributed by atoms with Gasteiger partial charge in [-0.05, 0) is 11.5 Å². The molecule has 27 heavy (non-hydrogen) atoms. The van der Waals surface area contributed by atoms with Crippen molar-refractivity contribution < 1.29 is 46.0 Å².